The van der Waals surface area contributed by atoms with E-state index in [0.717, 1.165) is 6.35 Å². The van der Waals surface area contributed by atoms with Crippen molar-refractivity contribution in [2.75, 3.05) is 33.5 Å². The van der Waals surface area contributed by atoms with Crippen LogP contribution in [0, 0.1) is 0 Å². The summed E-state index contributed by atoms with van der Waals surface area (Å²) in [6.07, 6.45) is 0.979. The van der Waals surface area contributed by atoms with Crippen molar-refractivity contribution in [3.8, 4) is 0 Å². The van der Waals surface area contributed by atoms with Gasteiger partial charge < -0.3 is 0 Å². The molecule has 0 N–H and O–H groups in total. The van der Waals surface area contributed by atoms with Crippen molar-refractivity contribution in [3.63, 3.8) is 0 Å². The van der Waals surface area contributed by atoms with Gasteiger partial charge in [-0.3, -0.25) is 0 Å². The molecule has 0 amide bonds. The molecule has 0 bridgehead atoms. The summed E-state index contributed by atoms with van der Waals surface area (Å²) >= 11 is 0. The molecule has 0 aliphatic rings. The van der Waals surface area contributed by atoms with Crippen LogP contribution in [0.25, 0.3) is 0 Å². The van der Waals surface area contributed by atoms with E-state index in [9.17, 15) is 0 Å². The second-order valence-electron chi connectivity index (χ2n) is 2.99. The zero-order valence-corrected chi connectivity index (χ0v) is 6.62. The molecule has 0 aromatic rings. The van der Waals surface area contributed by atoms with Gasteiger partial charge in [0.15, 0.2) is 0 Å². The molecule has 0 heterocycles. The van der Waals surface area contributed by atoms with Crippen LogP contribution in [-0.4, -0.2) is 33.5 Å². The van der Waals surface area contributed by atoms with Crippen LogP contribution < -0.4 is 0 Å². The topological polar surface area (TPSA) is 9.23 Å². The predicted molar refractivity (Wildman–Crippen MR) is 38.0 cm³/mol. The van der Waals surface area contributed by atoms with Gasteiger partial charge in [-0.1, -0.05) is 0 Å². The number of hydrogen-bond donors (Lipinski definition) is 0. The van der Waals surface area contributed by atoms with Gasteiger partial charge in [0.1, 0.15) is 0 Å². The Kier molecular flexibility index (Phi) is 2.78. The van der Waals surface area contributed by atoms with Gasteiger partial charge in [-0.2, -0.15) is 0 Å². The monoisotopic (exact) mass is 122 g/mol. The minimum atomic E-state index is -0.879. The van der Waals surface area contributed by atoms with Gasteiger partial charge in [0.25, 0.3) is 0 Å². The molecule has 2 heteroatoms. The van der Waals surface area contributed by atoms with Crippen molar-refractivity contribution in [3.05, 3.63) is 0 Å². The molecule has 7 heavy (non-hydrogen) atoms. The molecule has 0 rings (SSSR count). The summed E-state index contributed by atoms with van der Waals surface area (Å²) in [5, 5.41) is 0. The number of methoxy groups -OCH3 is 1. The second kappa shape index (κ2) is 2.64. The van der Waals surface area contributed by atoms with Gasteiger partial charge in [0.05, 0.1) is 0 Å². The molecule has 46 valence electrons. The molecule has 1 nitrogen and oxygen atoms in total. The number of ether oxygens (including phenoxy) is 1. The van der Waals surface area contributed by atoms with Crippen molar-refractivity contribution in [2.45, 2.75) is 0 Å². The Morgan fingerprint density at radius 1 is 1.29 bits per heavy atom. The maximum absolute atomic E-state index is 4.97. The van der Waals surface area contributed by atoms with E-state index >= 15 is 0 Å². The fourth-order valence-electron chi connectivity index (χ4n) is 0.433. The van der Waals surface area contributed by atoms with E-state index in [1.807, 2.05) is 0 Å². The molecular weight excluding hydrogens is 107 g/mol. The molecule has 0 saturated heterocycles. The van der Waals surface area contributed by atoms with Crippen LogP contribution >= 0.6 is 7.26 Å². The first-order chi connectivity index (χ1) is 3.06. The SMILES string of the molecule is COC[PH](C)(C)C. The first kappa shape index (κ1) is 7.39. The summed E-state index contributed by atoms with van der Waals surface area (Å²) in [5.41, 5.74) is 0. The molecule has 0 aromatic carbocycles. The molecule has 0 unspecified atom stereocenters. The third-order valence-electron chi connectivity index (χ3n) is 0.577. The third kappa shape index (κ3) is 6.39. The average molecular weight is 122 g/mol. The van der Waals surface area contributed by atoms with Crippen molar-refractivity contribution in [2.24, 2.45) is 0 Å². The summed E-state index contributed by atoms with van der Waals surface area (Å²) < 4.78 is 4.97. The molecular formula is C5H15OP. The van der Waals surface area contributed by atoms with E-state index in [0.29, 0.717) is 0 Å². The average Bonchev–Trinajstić information content (AvgIpc) is 1.30. The fourth-order valence-corrected chi connectivity index (χ4v) is 1.30. The van der Waals surface area contributed by atoms with Crippen LogP contribution in [0.15, 0.2) is 0 Å². The Balaban J connectivity index is 3.15. The third-order valence-corrected chi connectivity index (χ3v) is 1.73. The Labute approximate surface area is 46.4 Å². The number of rotatable bonds is 2. The van der Waals surface area contributed by atoms with Crippen LogP contribution in [0.4, 0.5) is 0 Å². The van der Waals surface area contributed by atoms with Gasteiger partial charge >= 0.3 is 45.5 Å². The van der Waals surface area contributed by atoms with E-state index in [4.69, 9.17) is 4.74 Å². The van der Waals surface area contributed by atoms with E-state index in [-0.39, 0.29) is 0 Å². The molecule has 0 spiro atoms. The van der Waals surface area contributed by atoms with Gasteiger partial charge in [-0.25, -0.2) is 0 Å². The second-order valence-corrected chi connectivity index (χ2v) is 8.40. The quantitative estimate of drug-likeness (QED) is 0.500. The van der Waals surface area contributed by atoms with Crippen molar-refractivity contribution in [1.29, 1.82) is 0 Å². The first-order valence-corrected chi connectivity index (χ1v) is 6.26. The molecule has 0 fully saturated rings. The van der Waals surface area contributed by atoms with E-state index < -0.39 is 7.26 Å². The van der Waals surface area contributed by atoms with Gasteiger partial charge in [0.2, 0.25) is 0 Å². The Morgan fingerprint density at radius 2 is 1.71 bits per heavy atom. The minimum absolute atomic E-state index is 0.879. The predicted octanol–water partition coefficient (Wildman–Crippen LogP) is 1.23. The molecule has 0 radical (unpaired) electrons. The normalized spacial score (nSPS) is 14.3. The van der Waals surface area contributed by atoms with Crippen molar-refractivity contribution in [1.82, 2.24) is 0 Å². The standard InChI is InChI=1S/C5H15OP/c1-6-5-7(2,3)4/h7H,5H2,1-4H3. The fraction of sp³-hybridized carbons (Fsp3) is 1.00. The number of hydrogen-bond acceptors (Lipinski definition) is 1. The van der Waals surface area contributed by atoms with Crippen LogP contribution in [0.5, 0.6) is 0 Å². The zero-order chi connectivity index (χ0) is 5.91. The molecule has 0 aromatic heterocycles. The van der Waals surface area contributed by atoms with Crippen LogP contribution in [-0.2, 0) is 4.74 Å². The Hall–Kier alpha value is 0.390. The summed E-state index contributed by atoms with van der Waals surface area (Å²) in [6.45, 7) is 6.86. The van der Waals surface area contributed by atoms with Gasteiger partial charge in [0, 0.05) is 0 Å². The summed E-state index contributed by atoms with van der Waals surface area (Å²) in [7, 11) is 0.883. The van der Waals surface area contributed by atoms with E-state index in [2.05, 4.69) is 20.0 Å². The van der Waals surface area contributed by atoms with E-state index in [1.165, 1.54) is 0 Å². The Morgan fingerprint density at radius 3 is 1.71 bits per heavy atom. The Bertz CT molecular complexity index is 46.5. The zero-order valence-electron chi connectivity index (χ0n) is 5.62. The molecule has 0 aliphatic carbocycles. The van der Waals surface area contributed by atoms with Gasteiger partial charge in [-0.05, 0) is 0 Å². The van der Waals surface area contributed by atoms with Crippen molar-refractivity contribution < 1.29 is 4.74 Å². The maximum atomic E-state index is 4.97. The van der Waals surface area contributed by atoms with Crippen LogP contribution in [0.1, 0.15) is 0 Å². The summed E-state index contributed by atoms with van der Waals surface area (Å²) in [4.78, 5) is 0. The molecule has 0 atom stereocenters. The molecule has 0 saturated carbocycles. The van der Waals surface area contributed by atoms with Crippen molar-refractivity contribution >= 4 is 7.26 Å². The van der Waals surface area contributed by atoms with Crippen LogP contribution in [0.3, 0.4) is 0 Å². The summed E-state index contributed by atoms with van der Waals surface area (Å²) in [6, 6.07) is 0. The van der Waals surface area contributed by atoms with E-state index in [1.54, 1.807) is 7.11 Å². The molecule has 0 aliphatic heterocycles. The first-order valence-electron chi connectivity index (χ1n) is 2.55. The summed E-state index contributed by atoms with van der Waals surface area (Å²) in [5.74, 6) is 0. The van der Waals surface area contributed by atoms with Crippen LogP contribution in [0.2, 0.25) is 0 Å². The van der Waals surface area contributed by atoms with Gasteiger partial charge in [-0.15, -0.1) is 0 Å².